The monoisotopic (exact) mass is 299 g/mol. The molecule has 0 spiro atoms. The lowest BCUT2D eigenvalue weighted by molar-refractivity contribution is -0.151. The summed E-state index contributed by atoms with van der Waals surface area (Å²) in [6.07, 6.45) is 0. The summed E-state index contributed by atoms with van der Waals surface area (Å²) in [4.78, 5) is 22.7. The number of aryl methyl sites for hydroxylation is 1. The average Bonchev–Trinajstić information content (AvgIpc) is 2.21. The van der Waals surface area contributed by atoms with E-state index in [2.05, 4.69) is 21.2 Å². The number of nitrogens with one attached hydrogen (secondary N) is 1. The summed E-state index contributed by atoms with van der Waals surface area (Å²) in [5.74, 6) is -1.70. The topological polar surface area (TPSA) is 66.4 Å². The smallest absolute Gasteiger partial charge is 0.318 e. The zero-order chi connectivity index (χ0) is 13.2. The molecule has 0 bridgehead atoms. The van der Waals surface area contributed by atoms with Crippen LogP contribution in [0.25, 0.3) is 0 Å². The van der Waals surface area contributed by atoms with Crippen LogP contribution < -0.4 is 5.32 Å². The van der Waals surface area contributed by atoms with Crippen molar-refractivity contribution in [2.75, 3.05) is 5.32 Å². The van der Waals surface area contributed by atoms with Crippen molar-refractivity contribution < 1.29 is 14.7 Å². The van der Waals surface area contributed by atoms with Crippen molar-refractivity contribution in [2.24, 2.45) is 5.41 Å². The number of amides is 1. The van der Waals surface area contributed by atoms with Crippen LogP contribution in [0.4, 0.5) is 5.69 Å². The first kappa shape index (κ1) is 13.7. The molecule has 92 valence electrons. The van der Waals surface area contributed by atoms with E-state index in [0.29, 0.717) is 5.69 Å². The first-order valence-corrected chi connectivity index (χ1v) is 5.85. The lowest BCUT2D eigenvalue weighted by Crippen LogP contribution is -2.37. The molecule has 17 heavy (non-hydrogen) atoms. The number of carbonyl (C=O) groups is 2. The number of aliphatic carboxylic acids is 1. The molecular formula is C12H14BrNO3. The molecule has 1 rings (SSSR count). The molecule has 0 unspecified atom stereocenters. The minimum atomic E-state index is -1.45. The third-order valence-electron chi connectivity index (χ3n) is 2.48. The molecule has 0 saturated heterocycles. The molecule has 1 aromatic rings. The van der Waals surface area contributed by atoms with Gasteiger partial charge in [-0.1, -0.05) is 6.07 Å². The second kappa shape index (κ2) is 4.87. The van der Waals surface area contributed by atoms with Crippen LogP contribution in [-0.4, -0.2) is 17.0 Å². The van der Waals surface area contributed by atoms with Crippen molar-refractivity contribution in [3.05, 3.63) is 28.2 Å². The third-order valence-corrected chi connectivity index (χ3v) is 3.13. The highest BCUT2D eigenvalue weighted by Crippen LogP contribution is 2.26. The Morgan fingerprint density at radius 2 is 1.94 bits per heavy atom. The van der Waals surface area contributed by atoms with Gasteiger partial charge in [-0.3, -0.25) is 9.59 Å². The van der Waals surface area contributed by atoms with Crippen LogP contribution in [0.5, 0.6) is 0 Å². The van der Waals surface area contributed by atoms with Crippen molar-refractivity contribution in [2.45, 2.75) is 20.8 Å². The molecule has 0 aliphatic heterocycles. The van der Waals surface area contributed by atoms with Gasteiger partial charge >= 0.3 is 5.97 Å². The molecule has 2 N–H and O–H groups in total. The first-order valence-electron chi connectivity index (χ1n) is 5.06. The highest BCUT2D eigenvalue weighted by atomic mass is 79.9. The van der Waals surface area contributed by atoms with Crippen LogP contribution >= 0.6 is 15.9 Å². The molecule has 1 aromatic carbocycles. The molecule has 1 amide bonds. The zero-order valence-electron chi connectivity index (χ0n) is 9.87. The van der Waals surface area contributed by atoms with Gasteiger partial charge in [0.25, 0.3) is 0 Å². The summed E-state index contributed by atoms with van der Waals surface area (Å²) in [7, 11) is 0. The van der Waals surface area contributed by atoms with Gasteiger partial charge in [0.05, 0.1) is 5.69 Å². The summed E-state index contributed by atoms with van der Waals surface area (Å²) in [6.45, 7) is 4.66. The van der Waals surface area contributed by atoms with Crippen molar-refractivity contribution in [3.63, 3.8) is 0 Å². The molecule has 0 saturated carbocycles. The number of hydrogen-bond donors (Lipinski definition) is 2. The second-order valence-electron chi connectivity index (χ2n) is 4.37. The highest BCUT2D eigenvalue weighted by molar-refractivity contribution is 9.10. The van der Waals surface area contributed by atoms with E-state index in [1.165, 1.54) is 13.8 Å². The third kappa shape index (κ3) is 3.06. The molecule has 0 radical (unpaired) electrons. The number of carboxylic acid groups (broad SMARTS) is 1. The van der Waals surface area contributed by atoms with E-state index in [4.69, 9.17) is 5.11 Å². The number of carboxylic acids is 1. The summed E-state index contributed by atoms with van der Waals surface area (Å²) >= 11 is 3.32. The van der Waals surface area contributed by atoms with Crippen LogP contribution in [0, 0.1) is 12.3 Å². The van der Waals surface area contributed by atoms with Gasteiger partial charge in [-0.05, 0) is 54.4 Å². The standard InChI is InChI=1S/C12H14BrNO3/c1-7-4-5-9(8(13)6-7)14-10(15)12(2,3)11(16)17/h4-6H,1-3H3,(H,14,15)(H,16,17). The average molecular weight is 300 g/mol. The van der Waals surface area contributed by atoms with Crippen LogP contribution in [0.3, 0.4) is 0 Å². The molecule has 0 heterocycles. The van der Waals surface area contributed by atoms with Gasteiger partial charge in [0.15, 0.2) is 0 Å². The Morgan fingerprint density at radius 1 is 1.35 bits per heavy atom. The van der Waals surface area contributed by atoms with E-state index in [1.54, 1.807) is 6.07 Å². The predicted octanol–water partition coefficient (Wildman–Crippen LogP) is 2.81. The molecule has 5 heteroatoms. The zero-order valence-corrected chi connectivity index (χ0v) is 11.5. The van der Waals surface area contributed by atoms with Crippen LogP contribution in [-0.2, 0) is 9.59 Å². The van der Waals surface area contributed by atoms with Crippen molar-refractivity contribution >= 4 is 33.5 Å². The van der Waals surface area contributed by atoms with E-state index in [9.17, 15) is 9.59 Å². The fraction of sp³-hybridized carbons (Fsp3) is 0.333. The number of hydrogen-bond acceptors (Lipinski definition) is 2. The summed E-state index contributed by atoms with van der Waals surface area (Å²) in [6, 6.07) is 5.42. The first-order chi connectivity index (χ1) is 7.75. The van der Waals surface area contributed by atoms with E-state index in [1.807, 2.05) is 19.1 Å². The van der Waals surface area contributed by atoms with Crippen LogP contribution in [0.1, 0.15) is 19.4 Å². The molecule has 0 aromatic heterocycles. The van der Waals surface area contributed by atoms with E-state index >= 15 is 0 Å². The normalized spacial score (nSPS) is 11.1. The fourth-order valence-corrected chi connectivity index (χ4v) is 1.69. The Kier molecular flexibility index (Phi) is 3.93. The Morgan fingerprint density at radius 3 is 2.41 bits per heavy atom. The van der Waals surface area contributed by atoms with Gasteiger partial charge in [0.1, 0.15) is 5.41 Å². The minimum absolute atomic E-state index is 0.547. The molecule has 0 fully saturated rings. The number of halogens is 1. The van der Waals surface area contributed by atoms with Gasteiger partial charge in [0.2, 0.25) is 5.91 Å². The highest BCUT2D eigenvalue weighted by Gasteiger charge is 2.36. The number of rotatable bonds is 3. The Bertz CT molecular complexity index is 469. The van der Waals surface area contributed by atoms with Gasteiger partial charge < -0.3 is 10.4 Å². The van der Waals surface area contributed by atoms with Crippen LogP contribution in [0.15, 0.2) is 22.7 Å². The Hall–Kier alpha value is -1.36. The van der Waals surface area contributed by atoms with Crippen molar-refractivity contribution in [1.29, 1.82) is 0 Å². The Labute approximate surface area is 108 Å². The maximum atomic E-state index is 11.8. The van der Waals surface area contributed by atoms with E-state index in [-0.39, 0.29) is 0 Å². The van der Waals surface area contributed by atoms with E-state index < -0.39 is 17.3 Å². The number of anilines is 1. The van der Waals surface area contributed by atoms with Crippen molar-refractivity contribution in [1.82, 2.24) is 0 Å². The molecule has 0 aliphatic carbocycles. The predicted molar refractivity (Wildman–Crippen MR) is 68.9 cm³/mol. The fourth-order valence-electron chi connectivity index (χ4n) is 1.10. The SMILES string of the molecule is Cc1ccc(NC(=O)C(C)(C)C(=O)O)c(Br)c1. The Balaban J connectivity index is 2.92. The summed E-state index contributed by atoms with van der Waals surface area (Å²) in [5.41, 5.74) is 0.159. The van der Waals surface area contributed by atoms with Gasteiger partial charge in [-0.15, -0.1) is 0 Å². The maximum Gasteiger partial charge on any atom is 0.318 e. The second-order valence-corrected chi connectivity index (χ2v) is 5.22. The van der Waals surface area contributed by atoms with Gasteiger partial charge in [-0.25, -0.2) is 0 Å². The molecule has 0 aliphatic rings. The minimum Gasteiger partial charge on any atom is -0.480 e. The maximum absolute atomic E-state index is 11.8. The summed E-state index contributed by atoms with van der Waals surface area (Å²) in [5, 5.41) is 11.5. The molecule has 4 nitrogen and oxygen atoms in total. The lowest BCUT2D eigenvalue weighted by Gasteiger charge is -2.19. The quantitative estimate of drug-likeness (QED) is 0.844. The lowest BCUT2D eigenvalue weighted by atomic mass is 9.92. The molecular weight excluding hydrogens is 286 g/mol. The summed E-state index contributed by atoms with van der Waals surface area (Å²) < 4.78 is 0.729. The van der Waals surface area contributed by atoms with Gasteiger partial charge in [-0.2, -0.15) is 0 Å². The number of benzene rings is 1. The number of carbonyl (C=O) groups excluding carboxylic acids is 1. The van der Waals surface area contributed by atoms with Gasteiger partial charge in [0, 0.05) is 4.47 Å². The molecule has 0 atom stereocenters. The van der Waals surface area contributed by atoms with Crippen molar-refractivity contribution in [3.8, 4) is 0 Å². The van der Waals surface area contributed by atoms with E-state index in [0.717, 1.165) is 10.0 Å². The van der Waals surface area contributed by atoms with Crippen LogP contribution in [0.2, 0.25) is 0 Å². The largest absolute Gasteiger partial charge is 0.480 e.